The zero-order chi connectivity index (χ0) is 12.3. The first-order chi connectivity index (χ1) is 8.22. The van der Waals surface area contributed by atoms with E-state index >= 15 is 0 Å². The Morgan fingerprint density at radius 1 is 1.65 bits per heavy atom. The quantitative estimate of drug-likeness (QED) is 0.665. The number of rotatable bonds is 4. The monoisotopic (exact) mass is 238 g/mol. The minimum absolute atomic E-state index is 0.0300. The molecule has 0 spiro atoms. The first-order valence-electron chi connectivity index (χ1n) is 5.74. The lowest BCUT2D eigenvalue weighted by Crippen LogP contribution is -2.42. The van der Waals surface area contributed by atoms with Crippen molar-refractivity contribution in [1.29, 1.82) is 0 Å². The molecule has 1 amide bonds. The minimum atomic E-state index is -0.104. The van der Waals surface area contributed by atoms with E-state index in [2.05, 4.69) is 20.8 Å². The number of likely N-dealkylation sites (N-methyl/N-ethyl adjacent to an activating group) is 1. The number of hydrogen-bond donors (Lipinski definition) is 3. The minimum Gasteiger partial charge on any atom is -0.379 e. The molecule has 1 aliphatic rings. The number of aromatic nitrogens is 2. The smallest absolute Gasteiger partial charge is 0.227 e. The molecule has 0 saturated carbocycles. The van der Waals surface area contributed by atoms with Crippen LogP contribution in [0.4, 0.5) is 0 Å². The molecular weight excluding hydrogens is 220 g/mol. The number of aryl methyl sites for hydroxylation is 1. The zero-order valence-corrected chi connectivity index (χ0v) is 10.1. The van der Waals surface area contributed by atoms with Crippen molar-refractivity contribution in [3.8, 4) is 0 Å². The maximum absolute atomic E-state index is 12.0. The van der Waals surface area contributed by atoms with Crippen LogP contribution in [-0.4, -0.2) is 42.4 Å². The van der Waals surface area contributed by atoms with Crippen LogP contribution in [0.2, 0.25) is 0 Å². The number of amides is 1. The van der Waals surface area contributed by atoms with Gasteiger partial charge in [0.2, 0.25) is 5.91 Å². The van der Waals surface area contributed by atoms with Gasteiger partial charge < -0.3 is 15.4 Å². The van der Waals surface area contributed by atoms with Gasteiger partial charge in [0.05, 0.1) is 25.3 Å². The molecule has 1 aromatic rings. The molecule has 17 heavy (non-hydrogen) atoms. The summed E-state index contributed by atoms with van der Waals surface area (Å²) in [5.41, 5.74) is 2.00. The van der Waals surface area contributed by atoms with Gasteiger partial charge in [0, 0.05) is 23.8 Å². The van der Waals surface area contributed by atoms with Crippen LogP contribution in [-0.2, 0) is 16.1 Å². The number of H-pyrrole nitrogens is 1. The first kappa shape index (κ1) is 12.1. The summed E-state index contributed by atoms with van der Waals surface area (Å²) >= 11 is 0. The van der Waals surface area contributed by atoms with Crippen molar-refractivity contribution in [3.63, 3.8) is 0 Å². The Kier molecular flexibility index (Phi) is 3.75. The Labute approximate surface area is 100 Å². The van der Waals surface area contributed by atoms with Gasteiger partial charge in [-0.25, -0.2) is 0 Å². The predicted molar refractivity (Wildman–Crippen MR) is 62.3 cm³/mol. The van der Waals surface area contributed by atoms with Crippen molar-refractivity contribution >= 4 is 5.91 Å². The molecule has 1 fully saturated rings. The van der Waals surface area contributed by atoms with Gasteiger partial charge in [-0.2, -0.15) is 5.10 Å². The van der Waals surface area contributed by atoms with Gasteiger partial charge in [0.1, 0.15) is 0 Å². The van der Waals surface area contributed by atoms with E-state index in [0.29, 0.717) is 19.8 Å². The number of nitrogens with zero attached hydrogens (tertiary/aromatic N) is 1. The fraction of sp³-hybridized carbons (Fsp3) is 0.636. The average Bonchev–Trinajstić information content (AvgIpc) is 2.94. The Morgan fingerprint density at radius 2 is 2.47 bits per heavy atom. The van der Waals surface area contributed by atoms with Crippen molar-refractivity contribution in [3.05, 3.63) is 17.5 Å². The molecule has 2 atom stereocenters. The van der Waals surface area contributed by atoms with E-state index in [9.17, 15) is 4.79 Å². The second-order valence-corrected chi connectivity index (χ2v) is 4.28. The van der Waals surface area contributed by atoms with Crippen LogP contribution in [0.25, 0.3) is 0 Å². The largest absolute Gasteiger partial charge is 0.379 e. The highest BCUT2D eigenvalue weighted by atomic mass is 16.5. The third-order valence-corrected chi connectivity index (χ3v) is 3.18. The van der Waals surface area contributed by atoms with Crippen molar-refractivity contribution in [2.45, 2.75) is 19.5 Å². The maximum atomic E-state index is 12.0. The number of ether oxygens (including phenoxy) is 1. The molecular formula is C11H18N4O2. The maximum Gasteiger partial charge on any atom is 0.227 e. The Bertz CT molecular complexity index is 391. The highest BCUT2D eigenvalue weighted by Gasteiger charge is 2.32. The second kappa shape index (κ2) is 5.29. The van der Waals surface area contributed by atoms with Gasteiger partial charge in [-0.3, -0.25) is 9.89 Å². The van der Waals surface area contributed by atoms with Crippen LogP contribution >= 0.6 is 0 Å². The van der Waals surface area contributed by atoms with Crippen molar-refractivity contribution in [2.24, 2.45) is 5.92 Å². The molecule has 3 N–H and O–H groups in total. The average molecular weight is 238 g/mol. The summed E-state index contributed by atoms with van der Waals surface area (Å²) in [4.78, 5) is 12.0. The van der Waals surface area contributed by atoms with Crippen molar-refractivity contribution in [2.75, 3.05) is 20.3 Å². The normalized spacial score (nSPS) is 23.9. The number of carbonyl (C=O) groups excluding carboxylic acids is 1. The Hall–Kier alpha value is -1.40. The fourth-order valence-corrected chi connectivity index (χ4v) is 1.96. The molecule has 0 radical (unpaired) electrons. The van der Waals surface area contributed by atoms with E-state index in [0.717, 1.165) is 11.3 Å². The van der Waals surface area contributed by atoms with E-state index in [1.54, 1.807) is 6.20 Å². The van der Waals surface area contributed by atoms with Gasteiger partial charge in [-0.1, -0.05) is 0 Å². The number of carbonyl (C=O) groups is 1. The molecule has 0 bridgehead atoms. The van der Waals surface area contributed by atoms with Crippen molar-refractivity contribution < 1.29 is 9.53 Å². The second-order valence-electron chi connectivity index (χ2n) is 4.28. The lowest BCUT2D eigenvalue weighted by atomic mass is 10.0. The molecule has 6 heteroatoms. The summed E-state index contributed by atoms with van der Waals surface area (Å²) in [6.07, 6.45) is 1.73. The SMILES string of the molecule is CNC1COCC1C(=O)NCc1cn[nH]c1C. The van der Waals surface area contributed by atoms with E-state index in [4.69, 9.17) is 4.74 Å². The molecule has 6 nitrogen and oxygen atoms in total. The van der Waals surface area contributed by atoms with Gasteiger partial charge >= 0.3 is 0 Å². The predicted octanol–water partition coefficient (Wildman–Crippen LogP) is -0.431. The van der Waals surface area contributed by atoms with Crippen LogP contribution < -0.4 is 10.6 Å². The Morgan fingerprint density at radius 3 is 3.12 bits per heavy atom. The van der Waals surface area contributed by atoms with Crippen LogP contribution in [0, 0.1) is 12.8 Å². The standard InChI is InChI=1S/C11H18N4O2/c1-7-8(4-14-15-7)3-13-11(16)9-5-17-6-10(9)12-2/h4,9-10,12H,3,5-6H2,1-2H3,(H,13,16)(H,14,15). The molecule has 2 rings (SSSR count). The highest BCUT2D eigenvalue weighted by Crippen LogP contribution is 2.13. The topological polar surface area (TPSA) is 79.0 Å². The van der Waals surface area contributed by atoms with E-state index in [-0.39, 0.29) is 17.9 Å². The molecule has 94 valence electrons. The molecule has 1 aromatic heterocycles. The van der Waals surface area contributed by atoms with E-state index in [1.165, 1.54) is 0 Å². The van der Waals surface area contributed by atoms with Gasteiger partial charge in [-0.05, 0) is 14.0 Å². The molecule has 1 saturated heterocycles. The number of aromatic amines is 1. The van der Waals surface area contributed by atoms with Gasteiger partial charge in [0.25, 0.3) is 0 Å². The molecule has 2 heterocycles. The first-order valence-corrected chi connectivity index (χ1v) is 5.74. The summed E-state index contributed by atoms with van der Waals surface area (Å²) in [5, 5.41) is 12.8. The van der Waals surface area contributed by atoms with Gasteiger partial charge in [0.15, 0.2) is 0 Å². The van der Waals surface area contributed by atoms with Crippen LogP contribution in [0.15, 0.2) is 6.20 Å². The van der Waals surface area contributed by atoms with Crippen LogP contribution in [0.3, 0.4) is 0 Å². The van der Waals surface area contributed by atoms with E-state index < -0.39 is 0 Å². The zero-order valence-electron chi connectivity index (χ0n) is 10.1. The van der Waals surface area contributed by atoms with Crippen molar-refractivity contribution in [1.82, 2.24) is 20.8 Å². The summed E-state index contributed by atoms with van der Waals surface area (Å²) in [6.45, 7) is 3.53. The Balaban J connectivity index is 1.87. The third-order valence-electron chi connectivity index (χ3n) is 3.18. The molecule has 0 aromatic carbocycles. The van der Waals surface area contributed by atoms with Crippen LogP contribution in [0.5, 0.6) is 0 Å². The molecule has 2 unspecified atom stereocenters. The van der Waals surface area contributed by atoms with Gasteiger partial charge in [-0.15, -0.1) is 0 Å². The summed E-state index contributed by atoms with van der Waals surface area (Å²) in [5.74, 6) is -0.0744. The highest BCUT2D eigenvalue weighted by molar-refractivity contribution is 5.79. The lowest BCUT2D eigenvalue weighted by molar-refractivity contribution is -0.125. The lowest BCUT2D eigenvalue weighted by Gasteiger charge is -2.16. The van der Waals surface area contributed by atoms with Crippen LogP contribution in [0.1, 0.15) is 11.3 Å². The summed E-state index contributed by atoms with van der Waals surface area (Å²) in [6, 6.07) is 0.112. The molecule has 1 aliphatic heterocycles. The van der Waals surface area contributed by atoms with E-state index in [1.807, 2.05) is 14.0 Å². The number of nitrogens with one attached hydrogen (secondary N) is 3. The fourth-order valence-electron chi connectivity index (χ4n) is 1.96. The third kappa shape index (κ3) is 2.65. The molecule has 0 aliphatic carbocycles. The summed E-state index contributed by atoms with van der Waals surface area (Å²) in [7, 11) is 1.85. The summed E-state index contributed by atoms with van der Waals surface area (Å²) < 4.78 is 5.30. The number of hydrogen-bond acceptors (Lipinski definition) is 4.